The van der Waals surface area contributed by atoms with Crippen LogP contribution in [0.2, 0.25) is 0 Å². The first-order chi connectivity index (χ1) is 18.2. The molecule has 0 aliphatic carbocycles. The van der Waals surface area contributed by atoms with E-state index >= 15 is 0 Å². The molecular weight excluding hydrogens is 502 g/mol. The minimum atomic E-state index is -3.76. The molecule has 0 fully saturated rings. The van der Waals surface area contributed by atoms with Crippen LogP contribution < -0.4 is 10.5 Å². The molecule has 0 atom stereocenters. The molecule has 0 aliphatic rings. The van der Waals surface area contributed by atoms with Crippen LogP contribution in [0.15, 0.2) is 72.8 Å². The van der Waals surface area contributed by atoms with Crippen molar-refractivity contribution >= 4 is 27.0 Å². The van der Waals surface area contributed by atoms with Crippen LogP contribution in [-0.4, -0.2) is 44.4 Å². The highest BCUT2D eigenvalue weighted by Gasteiger charge is 2.26. The van der Waals surface area contributed by atoms with Crippen LogP contribution in [0.1, 0.15) is 25.2 Å². The van der Waals surface area contributed by atoms with Crippen molar-refractivity contribution in [2.45, 2.75) is 32.2 Å². The Morgan fingerprint density at radius 3 is 2.32 bits per heavy atom. The Morgan fingerprint density at radius 1 is 0.974 bits per heavy atom. The van der Waals surface area contributed by atoms with Crippen molar-refractivity contribution in [3.05, 3.63) is 84.2 Å². The van der Waals surface area contributed by atoms with Gasteiger partial charge in [-0.15, -0.1) is 0 Å². The summed E-state index contributed by atoms with van der Waals surface area (Å²) in [5.41, 5.74) is 10.9. The van der Waals surface area contributed by atoms with E-state index in [0.29, 0.717) is 29.1 Å². The van der Waals surface area contributed by atoms with Crippen molar-refractivity contribution in [2.24, 2.45) is 0 Å². The van der Waals surface area contributed by atoms with Crippen LogP contribution in [-0.2, 0) is 23.2 Å². The molecule has 0 saturated carbocycles. The van der Waals surface area contributed by atoms with Gasteiger partial charge in [0, 0.05) is 17.7 Å². The molecule has 0 spiro atoms. The molecule has 0 amide bonds. The summed E-state index contributed by atoms with van der Waals surface area (Å²) in [5.74, 6) is 1.14. The summed E-state index contributed by atoms with van der Waals surface area (Å²) >= 11 is 0. The lowest BCUT2D eigenvalue weighted by Gasteiger charge is -2.15. The number of nitrogens with zero attached hydrogens (tertiary/aromatic N) is 4. The minimum Gasteiger partial charge on any atom is -0.497 e. The van der Waals surface area contributed by atoms with E-state index in [9.17, 15) is 13.5 Å². The summed E-state index contributed by atoms with van der Waals surface area (Å²) in [4.78, 5) is 9.11. The molecule has 0 unspecified atom stereocenters. The number of methoxy groups -OCH3 is 1. The van der Waals surface area contributed by atoms with Gasteiger partial charge in [0.15, 0.2) is 0 Å². The molecule has 3 aromatic carbocycles. The number of hydrogen-bond donors (Lipinski definition) is 2. The van der Waals surface area contributed by atoms with Gasteiger partial charge < -0.3 is 20.1 Å². The third-order valence-electron chi connectivity index (χ3n) is 6.50. The largest absolute Gasteiger partial charge is 0.497 e. The number of fused-ring (bicyclic) bond motifs is 1. The SMILES string of the molecule is COc1ccc(Cn2c(CO)nc(-c3ccccc3)c2-c2ccc3nc(N)n(S(=O)(=O)C(C)C)c3c2)cc1. The number of aliphatic hydroxyl groups is 1. The molecule has 0 saturated heterocycles. The number of aromatic nitrogens is 4. The van der Waals surface area contributed by atoms with Gasteiger partial charge >= 0.3 is 0 Å². The van der Waals surface area contributed by atoms with E-state index in [1.54, 1.807) is 33.1 Å². The normalized spacial score (nSPS) is 11.9. The van der Waals surface area contributed by atoms with E-state index in [-0.39, 0.29) is 12.6 Å². The van der Waals surface area contributed by atoms with E-state index < -0.39 is 15.3 Å². The number of anilines is 1. The average Bonchev–Trinajstić information content (AvgIpc) is 3.45. The number of ether oxygens (including phenoxy) is 1. The van der Waals surface area contributed by atoms with Crippen LogP contribution in [0.4, 0.5) is 5.95 Å². The van der Waals surface area contributed by atoms with Gasteiger partial charge in [0.2, 0.25) is 16.0 Å². The third-order valence-corrected chi connectivity index (χ3v) is 8.58. The standard InChI is InChI=1S/C28H29N5O4S/c1-18(2)38(35,36)33-24-15-21(11-14-23(24)30-28(33)29)27-26(20-7-5-4-6-8-20)31-25(17-34)32(27)16-19-9-12-22(37-3)13-10-19/h4-15,18,34H,16-17H2,1-3H3,(H2,29,30). The molecule has 2 heterocycles. The lowest BCUT2D eigenvalue weighted by Crippen LogP contribution is -2.23. The zero-order chi connectivity index (χ0) is 27.0. The Balaban J connectivity index is 1.76. The number of rotatable bonds is 8. The van der Waals surface area contributed by atoms with Crippen LogP contribution >= 0.6 is 0 Å². The Kier molecular flexibility index (Phi) is 6.68. The predicted octanol–water partition coefficient (Wildman–Crippen LogP) is 4.28. The molecule has 3 N–H and O–H groups in total. The molecule has 38 heavy (non-hydrogen) atoms. The van der Waals surface area contributed by atoms with Gasteiger partial charge in [-0.25, -0.2) is 22.4 Å². The van der Waals surface area contributed by atoms with Crippen molar-refractivity contribution in [1.82, 2.24) is 18.5 Å². The molecule has 0 aliphatic heterocycles. The number of hydrogen-bond acceptors (Lipinski definition) is 7. The summed E-state index contributed by atoms with van der Waals surface area (Å²) in [6.07, 6.45) is 0. The fourth-order valence-electron chi connectivity index (χ4n) is 4.49. The molecule has 0 radical (unpaired) electrons. The number of nitrogen functional groups attached to an aromatic ring is 1. The fourth-order valence-corrected chi connectivity index (χ4v) is 5.64. The number of benzene rings is 3. The highest BCUT2D eigenvalue weighted by atomic mass is 32.2. The van der Waals surface area contributed by atoms with Gasteiger partial charge in [0.05, 0.1) is 34.8 Å². The van der Waals surface area contributed by atoms with E-state index in [1.165, 1.54) is 0 Å². The van der Waals surface area contributed by atoms with Gasteiger partial charge in [-0.05, 0) is 43.7 Å². The Bertz CT molecular complexity index is 1710. The second-order valence-electron chi connectivity index (χ2n) is 9.22. The smallest absolute Gasteiger partial charge is 0.244 e. The highest BCUT2D eigenvalue weighted by Crippen LogP contribution is 2.36. The van der Waals surface area contributed by atoms with Crippen molar-refractivity contribution < 1.29 is 18.3 Å². The van der Waals surface area contributed by atoms with Crippen LogP contribution in [0.25, 0.3) is 33.5 Å². The maximum Gasteiger partial charge on any atom is 0.244 e. The number of aliphatic hydroxyl groups excluding tert-OH is 1. The molecule has 0 bridgehead atoms. The summed E-state index contributed by atoms with van der Waals surface area (Å²) in [6.45, 7) is 3.37. The first-order valence-corrected chi connectivity index (χ1v) is 13.7. The van der Waals surface area contributed by atoms with Crippen molar-refractivity contribution in [1.29, 1.82) is 0 Å². The Hall–Kier alpha value is -4.15. The second kappa shape index (κ2) is 9.96. The van der Waals surface area contributed by atoms with Crippen LogP contribution in [0.5, 0.6) is 5.75 Å². The van der Waals surface area contributed by atoms with Crippen molar-refractivity contribution in [2.75, 3.05) is 12.8 Å². The lowest BCUT2D eigenvalue weighted by molar-refractivity contribution is 0.266. The summed E-state index contributed by atoms with van der Waals surface area (Å²) in [7, 11) is -2.14. The van der Waals surface area contributed by atoms with Gasteiger partial charge in [-0.3, -0.25) is 0 Å². The second-order valence-corrected chi connectivity index (χ2v) is 11.6. The molecule has 196 valence electrons. The number of nitrogens with two attached hydrogens (primary N) is 1. The highest BCUT2D eigenvalue weighted by molar-refractivity contribution is 7.90. The third kappa shape index (κ3) is 4.42. The first-order valence-electron chi connectivity index (χ1n) is 12.2. The predicted molar refractivity (Wildman–Crippen MR) is 148 cm³/mol. The maximum absolute atomic E-state index is 13.2. The summed E-state index contributed by atoms with van der Waals surface area (Å²) < 4.78 is 34.7. The topological polar surface area (TPSA) is 125 Å². The van der Waals surface area contributed by atoms with Gasteiger partial charge in [-0.2, -0.15) is 0 Å². The monoisotopic (exact) mass is 531 g/mol. The quantitative estimate of drug-likeness (QED) is 0.306. The molecule has 5 aromatic rings. The van der Waals surface area contributed by atoms with Gasteiger partial charge in [-0.1, -0.05) is 48.5 Å². The van der Waals surface area contributed by atoms with Crippen molar-refractivity contribution in [3.63, 3.8) is 0 Å². The molecular formula is C28H29N5O4S. The molecule has 2 aromatic heterocycles. The Labute approximate surface area is 221 Å². The maximum atomic E-state index is 13.2. The van der Waals surface area contributed by atoms with Gasteiger partial charge in [0.25, 0.3) is 0 Å². The fraction of sp³-hybridized carbons (Fsp3) is 0.214. The molecule has 5 rings (SSSR count). The minimum absolute atomic E-state index is 0.0862. The van der Waals surface area contributed by atoms with E-state index in [2.05, 4.69) is 4.98 Å². The van der Waals surface area contributed by atoms with E-state index in [4.69, 9.17) is 15.5 Å². The zero-order valence-electron chi connectivity index (χ0n) is 21.4. The summed E-state index contributed by atoms with van der Waals surface area (Å²) in [6, 6.07) is 22.8. The number of imidazole rings is 2. The Morgan fingerprint density at radius 2 is 1.68 bits per heavy atom. The van der Waals surface area contributed by atoms with Crippen molar-refractivity contribution in [3.8, 4) is 28.3 Å². The molecule has 9 nitrogen and oxygen atoms in total. The average molecular weight is 532 g/mol. The van der Waals surface area contributed by atoms with Crippen LogP contribution in [0, 0.1) is 0 Å². The zero-order valence-corrected chi connectivity index (χ0v) is 22.2. The van der Waals surface area contributed by atoms with Crippen LogP contribution in [0.3, 0.4) is 0 Å². The van der Waals surface area contributed by atoms with E-state index in [0.717, 1.165) is 32.1 Å². The first kappa shape index (κ1) is 25.5. The lowest BCUT2D eigenvalue weighted by atomic mass is 10.0. The van der Waals surface area contributed by atoms with Gasteiger partial charge in [0.1, 0.15) is 18.2 Å². The molecule has 10 heteroatoms. The van der Waals surface area contributed by atoms with E-state index in [1.807, 2.05) is 65.2 Å². The summed E-state index contributed by atoms with van der Waals surface area (Å²) in [5, 5.41) is 9.60.